The Morgan fingerprint density at radius 1 is 1.42 bits per heavy atom. The van der Waals surface area contributed by atoms with Crippen molar-refractivity contribution in [3.8, 4) is 12.3 Å². The average molecular weight is 348 g/mol. The summed E-state index contributed by atoms with van der Waals surface area (Å²) in [5.74, 6) is 2.37. The van der Waals surface area contributed by atoms with Crippen LogP contribution in [0.4, 0.5) is 0 Å². The number of rotatable bonds is 6. The second kappa shape index (κ2) is 7.25. The SMILES string of the molecule is C#CCNS(=O)(=O)c1cccc(C(=O)N[C@H](C)c2nnc(C)o2)c1. The highest BCUT2D eigenvalue weighted by Crippen LogP contribution is 2.14. The number of nitrogens with one attached hydrogen (secondary N) is 2. The molecular weight excluding hydrogens is 332 g/mol. The molecule has 1 aromatic heterocycles. The van der Waals surface area contributed by atoms with Gasteiger partial charge in [0.25, 0.3) is 5.91 Å². The molecule has 0 bridgehead atoms. The predicted molar refractivity (Wildman–Crippen MR) is 85.4 cm³/mol. The summed E-state index contributed by atoms with van der Waals surface area (Å²) < 4.78 is 31.6. The minimum Gasteiger partial charge on any atom is -0.423 e. The highest BCUT2D eigenvalue weighted by molar-refractivity contribution is 7.89. The van der Waals surface area contributed by atoms with E-state index in [0.29, 0.717) is 5.89 Å². The molecule has 0 radical (unpaired) electrons. The summed E-state index contributed by atoms with van der Waals surface area (Å²) in [5, 5.41) is 10.2. The fourth-order valence-electron chi connectivity index (χ4n) is 1.85. The van der Waals surface area contributed by atoms with Crippen LogP contribution in [0.15, 0.2) is 33.6 Å². The zero-order valence-corrected chi connectivity index (χ0v) is 13.9. The predicted octanol–water partition coefficient (Wildman–Crippen LogP) is 0.781. The van der Waals surface area contributed by atoms with Crippen LogP contribution in [0.3, 0.4) is 0 Å². The van der Waals surface area contributed by atoms with Gasteiger partial charge in [0.05, 0.1) is 11.4 Å². The number of hydrogen-bond donors (Lipinski definition) is 2. The fraction of sp³-hybridized carbons (Fsp3) is 0.267. The molecule has 0 spiro atoms. The third-order valence-electron chi connectivity index (χ3n) is 3.03. The van der Waals surface area contributed by atoms with Crippen molar-refractivity contribution in [2.24, 2.45) is 0 Å². The molecular formula is C15H16N4O4S. The van der Waals surface area contributed by atoms with Gasteiger partial charge in [0.15, 0.2) is 0 Å². The number of carbonyl (C=O) groups is 1. The summed E-state index contributed by atoms with van der Waals surface area (Å²) in [6, 6.07) is 5.10. The molecule has 0 unspecified atom stereocenters. The van der Waals surface area contributed by atoms with Gasteiger partial charge in [-0.2, -0.15) is 4.72 Å². The number of carbonyl (C=O) groups excluding carboxylic acids is 1. The molecule has 1 atom stereocenters. The molecule has 0 saturated carbocycles. The number of aryl methyl sites for hydroxylation is 1. The molecule has 2 rings (SSSR count). The van der Waals surface area contributed by atoms with Gasteiger partial charge in [-0.1, -0.05) is 12.0 Å². The Morgan fingerprint density at radius 2 is 2.17 bits per heavy atom. The molecule has 1 heterocycles. The van der Waals surface area contributed by atoms with Gasteiger partial charge in [-0.3, -0.25) is 4.79 Å². The lowest BCUT2D eigenvalue weighted by atomic mass is 10.2. The van der Waals surface area contributed by atoms with E-state index in [4.69, 9.17) is 10.8 Å². The van der Waals surface area contributed by atoms with Gasteiger partial charge in [0.1, 0.15) is 6.04 Å². The molecule has 0 saturated heterocycles. The second-order valence-electron chi connectivity index (χ2n) is 4.91. The second-order valence-corrected chi connectivity index (χ2v) is 6.68. The number of terminal acetylenes is 1. The zero-order chi connectivity index (χ0) is 17.7. The van der Waals surface area contributed by atoms with Crippen LogP contribution in [0, 0.1) is 19.3 Å². The average Bonchev–Trinajstić information content (AvgIpc) is 2.99. The van der Waals surface area contributed by atoms with Crippen LogP contribution < -0.4 is 10.0 Å². The first-order valence-electron chi connectivity index (χ1n) is 6.97. The van der Waals surface area contributed by atoms with Crippen LogP contribution in [0.2, 0.25) is 0 Å². The first-order chi connectivity index (χ1) is 11.3. The molecule has 1 amide bonds. The monoisotopic (exact) mass is 348 g/mol. The maximum atomic E-state index is 12.3. The Morgan fingerprint density at radius 3 is 2.79 bits per heavy atom. The lowest BCUT2D eigenvalue weighted by molar-refractivity contribution is 0.0933. The van der Waals surface area contributed by atoms with Crippen molar-refractivity contribution in [1.29, 1.82) is 0 Å². The van der Waals surface area contributed by atoms with E-state index in [0.717, 1.165) is 0 Å². The van der Waals surface area contributed by atoms with Crippen LogP contribution in [0.1, 0.15) is 35.1 Å². The van der Waals surface area contributed by atoms with Gasteiger partial charge in [-0.15, -0.1) is 16.6 Å². The van der Waals surface area contributed by atoms with E-state index < -0.39 is 22.0 Å². The first-order valence-corrected chi connectivity index (χ1v) is 8.46. The quantitative estimate of drug-likeness (QED) is 0.746. The lowest BCUT2D eigenvalue weighted by Crippen LogP contribution is -2.28. The Balaban J connectivity index is 2.16. The van der Waals surface area contributed by atoms with Crippen molar-refractivity contribution < 1.29 is 17.6 Å². The number of hydrogen-bond acceptors (Lipinski definition) is 6. The normalized spacial score (nSPS) is 12.4. The van der Waals surface area contributed by atoms with Crippen molar-refractivity contribution in [2.75, 3.05) is 6.54 Å². The Bertz CT molecular complexity index is 883. The largest absolute Gasteiger partial charge is 0.423 e. The Labute approximate surface area is 139 Å². The van der Waals surface area contributed by atoms with Crippen LogP contribution in [-0.2, 0) is 10.0 Å². The van der Waals surface area contributed by atoms with E-state index in [2.05, 4.69) is 26.2 Å². The Kier molecular flexibility index (Phi) is 5.33. The molecule has 0 aliphatic carbocycles. The van der Waals surface area contributed by atoms with Gasteiger partial charge in [-0.25, -0.2) is 8.42 Å². The molecule has 8 nitrogen and oxygen atoms in total. The van der Waals surface area contributed by atoms with Crippen molar-refractivity contribution in [1.82, 2.24) is 20.2 Å². The van der Waals surface area contributed by atoms with Crippen LogP contribution in [-0.4, -0.2) is 31.1 Å². The molecule has 1 aromatic carbocycles. The van der Waals surface area contributed by atoms with E-state index in [9.17, 15) is 13.2 Å². The Hall–Kier alpha value is -2.70. The minimum atomic E-state index is -3.77. The van der Waals surface area contributed by atoms with Crippen LogP contribution in [0.25, 0.3) is 0 Å². The number of amides is 1. The summed E-state index contributed by atoms with van der Waals surface area (Å²) in [6.07, 6.45) is 5.04. The summed E-state index contributed by atoms with van der Waals surface area (Å²) in [7, 11) is -3.77. The van der Waals surface area contributed by atoms with E-state index in [1.54, 1.807) is 13.8 Å². The standard InChI is InChI=1S/C15H16N4O4S/c1-4-8-16-24(21,22)13-7-5-6-12(9-13)14(20)17-10(2)15-19-18-11(3)23-15/h1,5-7,9-10,16H,8H2,2-3H3,(H,17,20)/t10-/m1/s1. The molecule has 0 aliphatic rings. The van der Waals surface area contributed by atoms with Gasteiger partial charge < -0.3 is 9.73 Å². The molecule has 0 fully saturated rings. The van der Waals surface area contributed by atoms with Gasteiger partial charge >= 0.3 is 0 Å². The van der Waals surface area contributed by atoms with Crippen molar-refractivity contribution in [3.05, 3.63) is 41.6 Å². The summed E-state index contributed by atoms with van der Waals surface area (Å²) >= 11 is 0. The number of aromatic nitrogens is 2. The van der Waals surface area contributed by atoms with E-state index in [1.807, 2.05) is 0 Å². The van der Waals surface area contributed by atoms with Gasteiger partial charge in [-0.05, 0) is 25.1 Å². The fourth-order valence-corrected chi connectivity index (χ4v) is 2.83. The smallest absolute Gasteiger partial charge is 0.251 e. The van der Waals surface area contributed by atoms with Gasteiger partial charge in [0.2, 0.25) is 21.8 Å². The first kappa shape index (κ1) is 17.7. The van der Waals surface area contributed by atoms with Crippen LogP contribution in [0.5, 0.6) is 0 Å². The molecule has 0 aliphatic heterocycles. The van der Waals surface area contributed by atoms with E-state index >= 15 is 0 Å². The topological polar surface area (TPSA) is 114 Å². The van der Waals surface area contributed by atoms with Gasteiger partial charge in [0, 0.05) is 12.5 Å². The summed E-state index contributed by atoms with van der Waals surface area (Å²) in [6.45, 7) is 3.19. The number of benzene rings is 1. The minimum absolute atomic E-state index is 0.0494. The maximum absolute atomic E-state index is 12.3. The van der Waals surface area contributed by atoms with E-state index in [1.165, 1.54) is 24.3 Å². The molecule has 2 N–H and O–H groups in total. The third-order valence-corrected chi connectivity index (χ3v) is 4.43. The summed E-state index contributed by atoms with van der Waals surface area (Å²) in [4.78, 5) is 12.2. The van der Waals surface area contributed by atoms with E-state index in [-0.39, 0.29) is 22.9 Å². The molecule has 126 valence electrons. The summed E-state index contributed by atoms with van der Waals surface area (Å²) in [5.41, 5.74) is 0.182. The lowest BCUT2D eigenvalue weighted by Gasteiger charge is -2.11. The van der Waals surface area contributed by atoms with Crippen molar-refractivity contribution in [3.63, 3.8) is 0 Å². The molecule has 2 aromatic rings. The zero-order valence-electron chi connectivity index (χ0n) is 13.1. The third kappa shape index (κ3) is 4.18. The number of nitrogens with zero attached hydrogens (tertiary/aromatic N) is 2. The maximum Gasteiger partial charge on any atom is 0.251 e. The number of sulfonamides is 1. The van der Waals surface area contributed by atoms with Crippen molar-refractivity contribution in [2.45, 2.75) is 24.8 Å². The van der Waals surface area contributed by atoms with Crippen molar-refractivity contribution >= 4 is 15.9 Å². The highest BCUT2D eigenvalue weighted by Gasteiger charge is 2.19. The molecule has 9 heteroatoms. The molecule has 24 heavy (non-hydrogen) atoms. The van der Waals surface area contributed by atoms with Crippen LogP contribution >= 0.6 is 0 Å². The highest BCUT2D eigenvalue weighted by atomic mass is 32.2.